The largest absolute Gasteiger partial charge is 0.416 e. The van der Waals surface area contributed by atoms with Gasteiger partial charge >= 0.3 is 6.18 Å². The van der Waals surface area contributed by atoms with Crippen LogP contribution < -0.4 is 15.5 Å². The molecule has 176 valence electrons. The van der Waals surface area contributed by atoms with Crippen LogP contribution in [0.5, 0.6) is 0 Å². The van der Waals surface area contributed by atoms with Crippen LogP contribution in [-0.2, 0) is 11.0 Å². The predicted molar refractivity (Wildman–Crippen MR) is 118 cm³/mol. The number of nitrogens with one attached hydrogen (secondary N) is 2. The van der Waals surface area contributed by atoms with Gasteiger partial charge in [-0.3, -0.25) is 9.59 Å². The molecule has 11 heteroatoms. The summed E-state index contributed by atoms with van der Waals surface area (Å²) >= 11 is 0. The Hall–Kier alpha value is -3.89. The normalized spacial score (nSPS) is 16.3. The third kappa shape index (κ3) is 4.45. The van der Waals surface area contributed by atoms with Crippen molar-refractivity contribution in [2.24, 2.45) is 0 Å². The standard InChI is InChI=1S/C23H21F3N6O2/c24-23(25,26)15-2-1-3-17(10-15)32-21(14-4-5-14)18(12-29-32)22(34)30-16-6-7-19(28-11-16)31-9-8-27-20(33)13-31/h1-3,6-7,10-12,14H,4-5,8-9,13H2,(H,27,33)(H,30,34). The second kappa shape index (κ2) is 8.47. The van der Waals surface area contributed by atoms with Gasteiger partial charge in [-0.25, -0.2) is 9.67 Å². The van der Waals surface area contributed by atoms with Crippen molar-refractivity contribution in [2.45, 2.75) is 24.9 Å². The molecule has 2 fully saturated rings. The average Bonchev–Trinajstić information content (AvgIpc) is 3.56. The molecule has 8 nitrogen and oxygen atoms in total. The van der Waals surface area contributed by atoms with Gasteiger partial charge in [-0.1, -0.05) is 6.07 Å². The fourth-order valence-electron chi connectivity index (χ4n) is 3.98. The lowest BCUT2D eigenvalue weighted by atomic mass is 10.1. The summed E-state index contributed by atoms with van der Waals surface area (Å²) in [7, 11) is 0. The maximum atomic E-state index is 13.2. The number of alkyl halides is 3. The van der Waals surface area contributed by atoms with Crippen molar-refractivity contribution in [3.63, 3.8) is 0 Å². The lowest BCUT2D eigenvalue weighted by Gasteiger charge is -2.27. The number of hydrogen-bond acceptors (Lipinski definition) is 5. The van der Waals surface area contributed by atoms with Gasteiger partial charge in [0, 0.05) is 19.0 Å². The molecule has 0 unspecified atom stereocenters. The van der Waals surface area contributed by atoms with Crippen LogP contribution in [0, 0.1) is 0 Å². The van der Waals surface area contributed by atoms with E-state index < -0.39 is 17.6 Å². The molecule has 5 rings (SSSR count). The summed E-state index contributed by atoms with van der Waals surface area (Å²) < 4.78 is 40.9. The van der Waals surface area contributed by atoms with Crippen LogP contribution in [0.15, 0.2) is 48.8 Å². The molecular weight excluding hydrogens is 449 g/mol. The molecule has 0 atom stereocenters. The average molecular weight is 470 g/mol. The fraction of sp³-hybridized carbons (Fsp3) is 0.304. The Morgan fingerprint density at radius 2 is 1.97 bits per heavy atom. The maximum Gasteiger partial charge on any atom is 0.416 e. The number of carbonyl (C=O) groups excluding carboxylic acids is 2. The van der Waals surface area contributed by atoms with E-state index in [4.69, 9.17) is 0 Å². The molecule has 1 aliphatic carbocycles. The molecule has 1 aromatic carbocycles. The van der Waals surface area contributed by atoms with Gasteiger partial charge in [0.05, 0.1) is 47.1 Å². The van der Waals surface area contributed by atoms with Crippen molar-refractivity contribution < 1.29 is 22.8 Å². The van der Waals surface area contributed by atoms with Crippen LogP contribution in [0.4, 0.5) is 24.7 Å². The summed E-state index contributed by atoms with van der Waals surface area (Å²) in [6.07, 6.45) is 0.0978. The Morgan fingerprint density at radius 3 is 2.65 bits per heavy atom. The molecule has 1 saturated carbocycles. The summed E-state index contributed by atoms with van der Waals surface area (Å²) in [5.74, 6) is 0.204. The minimum Gasteiger partial charge on any atom is -0.353 e. The van der Waals surface area contributed by atoms with Crippen LogP contribution in [-0.4, -0.2) is 46.2 Å². The van der Waals surface area contributed by atoms with Crippen molar-refractivity contribution in [1.82, 2.24) is 20.1 Å². The van der Waals surface area contributed by atoms with Crippen LogP contribution in [0.2, 0.25) is 0 Å². The van der Waals surface area contributed by atoms with E-state index in [1.807, 2.05) is 4.90 Å². The highest BCUT2D eigenvalue weighted by Gasteiger charge is 2.34. The number of anilines is 2. The first-order valence-corrected chi connectivity index (χ1v) is 10.8. The lowest BCUT2D eigenvalue weighted by molar-refractivity contribution is -0.137. The van der Waals surface area contributed by atoms with Crippen molar-refractivity contribution in [3.05, 3.63) is 65.6 Å². The Kier molecular flexibility index (Phi) is 5.46. The molecule has 1 saturated heterocycles. The Bertz CT molecular complexity index is 1230. The Morgan fingerprint density at radius 1 is 1.15 bits per heavy atom. The molecular formula is C23H21F3N6O2. The quantitative estimate of drug-likeness (QED) is 0.597. The zero-order chi connectivity index (χ0) is 23.9. The summed E-state index contributed by atoms with van der Waals surface area (Å²) in [6, 6.07) is 8.33. The summed E-state index contributed by atoms with van der Waals surface area (Å²) in [4.78, 5) is 30.8. The van der Waals surface area contributed by atoms with Gasteiger partial charge in [0.1, 0.15) is 5.82 Å². The molecule has 2 N–H and O–H groups in total. The van der Waals surface area contributed by atoms with E-state index in [2.05, 4.69) is 20.7 Å². The number of halogens is 3. The SMILES string of the molecule is O=C1CN(c2ccc(NC(=O)c3cnn(-c4cccc(C(F)(F)F)c4)c3C3CC3)cn2)CCN1. The lowest BCUT2D eigenvalue weighted by Crippen LogP contribution is -2.48. The number of rotatable bonds is 5. The highest BCUT2D eigenvalue weighted by molar-refractivity contribution is 6.05. The number of piperazine rings is 1. The molecule has 0 spiro atoms. The van der Waals surface area contributed by atoms with Gasteiger partial charge in [-0.05, 0) is 43.2 Å². The van der Waals surface area contributed by atoms with Crippen molar-refractivity contribution >= 4 is 23.3 Å². The van der Waals surface area contributed by atoms with Crippen molar-refractivity contribution in [3.8, 4) is 5.69 Å². The number of amides is 2. The first-order chi connectivity index (χ1) is 16.3. The monoisotopic (exact) mass is 470 g/mol. The molecule has 34 heavy (non-hydrogen) atoms. The van der Waals surface area contributed by atoms with Crippen molar-refractivity contribution in [2.75, 3.05) is 29.9 Å². The summed E-state index contributed by atoms with van der Waals surface area (Å²) in [5, 5.41) is 9.78. The summed E-state index contributed by atoms with van der Waals surface area (Å²) in [6.45, 7) is 1.40. The van der Waals surface area contributed by atoms with Crippen LogP contribution in [0.3, 0.4) is 0 Å². The van der Waals surface area contributed by atoms with Gasteiger partial charge in [-0.2, -0.15) is 18.3 Å². The first-order valence-electron chi connectivity index (χ1n) is 10.8. The fourth-order valence-corrected chi connectivity index (χ4v) is 3.98. The molecule has 0 radical (unpaired) electrons. The number of carbonyl (C=O) groups is 2. The van der Waals surface area contributed by atoms with Gasteiger partial charge < -0.3 is 15.5 Å². The predicted octanol–water partition coefficient (Wildman–Crippen LogP) is 3.35. The van der Waals surface area contributed by atoms with Gasteiger partial charge in [-0.15, -0.1) is 0 Å². The first kappa shape index (κ1) is 21.9. The van der Waals surface area contributed by atoms with Gasteiger partial charge in [0.2, 0.25) is 5.91 Å². The molecule has 1 aliphatic heterocycles. The smallest absolute Gasteiger partial charge is 0.353 e. The minimum atomic E-state index is -4.47. The van der Waals surface area contributed by atoms with E-state index in [9.17, 15) is 22.8 Å². The zero-order valence-corrected chi connectivity index (χ0v) is 18.0. The third-order valence-corrected chi connectivity index (χ3v) is 5.80. The summed E-state index contributed by atoms with van der Waals surface area (Å²) in [5.41, 5.74) is 0.860. The van der Waals surface area contributed by atoms with E-state index in [0.717, 1.165) is 25.0 Å². The van der Waals surface area contributed by atoms with E-state index in [-0.39, 0.29) is 24.1 Å². The van der Waals surface area contributed by atoms with Gasteiger partial charge in [0.25, 0.3) is 5.91 Å². The molecule has 0 bridgehead atoms. The number of pyridine rings is 1. The van der Waals surface area contributed by atoms with Crippen LogP contribution in [0.1, 0.15) is 40.4 Å². The second-order valence-electron chi connectivity index (χ2n) is 8.31. The zero-order valence-electron chi connectivity index (χ0n) is 18.0. The molecule has 3 heterocycles. The van der Waals surface area contributed by atoms with Crippen molar-refractivity contribution in [1.29, 1.82) is 0 Å². The number of nitrogens with zero attached hydrogens (tertiary/aromatic N) is 4. The Balaban J connectivity index is 1.37. The van der Waals surface area contributed by atoms with Crippen LogP contribution in [0.25, 0.3) is 5.69 Å². The van der Waals surface area contributed by atoms with E-state index >= 15 is 0 Å². The van der Waals surface area contributed by atoms with Gasteiger partial charge in [0.15, 0.2) is 0 Å². The van der Waals surface area contributed by atoms with Crippen LogP contribution >= 0.6 is 0 Å². The molecule has 3 aromatic rings. The number of hydrogen-bond donors (Lipinski definition) is 2. The molecule has 2 amide bonds. The minimum absolute atomic E-state index is 0.0588. The topological polar surface area (TPSA) is 92.2 Å². The number of aromatic nitrogens is 3. The Labute approximate surface area is 192 Å². The maximum absolute atomic E-state index is 13.2. The second-order valence-corrected chi connectivity index (χ2v) is 8.31. The van der Waals surface area contributed by atoms with E-state index in [1.54, 1.807) is 18.2 Å². The van der Waals surface area contributed by atoms with E-state index in [1.165, 1.54) is 23.1 Å². The third-order valence-electron chi connectivity index (χ3n) is 5.80. The van der Waals surface area contributed by atoms with E-state index in [0.29, 0.717) is 35.9 Å². The highest BCUT2D eigenvalue weighted by atomic mass is 19.4. The number of benzene rings is 1. The molecule has 2 aromatic heterocycles. The molecule has 2 aliphatic rings. The highest BCUT2D eigenvalue weighted by Crippen LogP contribution is 2.43.